The second-order valence-corrected chi connectivity index (χ2v) is 5.88. The lowest BCUT2D eigenvalue weighted by atomic mass is 10.2. The highest BCUT2D eigenvalue weighted by molar-refractivity contribution is 7.92. The van der Waals surface area contributed by atoms with Crippen molar-refractivity contribution in [1.29, 1.82) is 0 Å². The summed E-state index contributed by atoms with van der Waals surface area (Å²) < 4.78 is 22.6. The molecule has 0 bridgehead atoms. The van der Waals surface area contributed by atoms with Gasteiger partial charge < -0.3 is 9.29 Å². The van der Waals surface area contributed by atoms with E-state index in [9.17, 15) is 4.55 Å². The Kier molecular flexibility index (Phi) is 4.25. The number of ether oxygens (including phenoxy) is 1. The van der Waals surface area contributed by atoms with Gasteiger partial charge in [-0.3, -0.25) is 4.68 Å². The normalized spacial score (nSPS) is 12.3. The smallest absolute Gasteiger partial charge is 0.221 e. The largest absolute Gasteiger partial charge is 0.588 e. The zero-order valence-electron chi connectivity index (χ0n) is 12.4. The van der Waals surface area contributed by atoms with Crippen LogP contribution in [0, 0.1) is 20.8 Å². The van der Waals surface area contributed by atoms with E-state index in [0.29, 0.717) is 10.6 Å². The van der Waals surface area contributed by atoms with Gasteiger partial charge in [-0.05, 0) is 32.4 Å². The van der Waals surface area contributed by atoms with Gasteiger partial charge in [0.15, 0.2) is 5.75 Å². The molecule has 1 unspecified atom stereocenters. The van der Waals surface area contributed by atoms with Crippen molar-refractivity contribution in [3.05, 3.63) is 35.2 Å². The maximum Gasteiger partial charge on any atom is 0.221 e. The van der Waals surface area contributed by atoms with E-state index in [1.807, 2.05) is 46.0 Å². The quantitative estimate of drug-likeness (QED) is 0.880. The number of methoxy groups -OCH3 is 1. The number of benzene rings is 1. The molecule has 0 aliphatic rings. The van der Waals surface area contributed by atoms with E-state index in [-0.39, 0.29) is 0 Å². The first-order chi connectivity index (χ1) is 9.43. The second kappa shape index (κ2) is 5.76. The zero-order chi connectivity index (χ0) is 14.9. The van der Waals surface area contributed by atoms with Gasteiger partial charge in [-0.2, -0.15) is 9.82 Å². The van der Waals surface area contributed by atoms with Crippen molar-refractivity contribution in [2.45, 2.75) is 25.7 Å². The van der Waals surface area contributed by atoms with Gasteiger partial charge in [0.2, 0.25) is 4.90 Å². The van der Waals surface area contributed by atoms with Gasteiger partial charge in [-0.15, -0.1) is 0 Å². The highest BCUT2D eigenvalue weighted by atomic mass is 32.2. The topological polar surface area (TPSA) is 62.1 Å². The number of hydrogen-bond donors (Lipinski definition) is 1. The molecule has 1 aromatic heterocycles. The fraction of sp³-hybridized carbons (Fsp3) is 0.357. The SMILES string of the molecule is COc1ccc(C)cc1[S+]([O-])Nc1c(C)nn(C)c1C. The first kappa shape index (κ1) is 14.7. The number of hydrogen-bond acceptors (Lipinski definition) is 4. The Morgan fingerprint density at radius 3 is 2.55 bits per heavy atom. The highest BCUT2D eigenvalue weighted by Gasteiger charge is 2.21. The lowest BCUT2D eigenvalue weighted by Crippen LogP contribution is -2.15. The van der Waals surface area contributed by atoms with Crippen LogP contribution >= 0.6 is 0 Å². The van der Waals surface area contributed by atoms with Crippen LogP contribution in [-0.4, -0.2) is 21.4 Å². The Bertz CT molecular complexity index is 625. The molecule has 0 aliphatic carbocycles. The number of aryl methyl sites for hydroxylation is 3. The number of anilines is 1. The van der Waals surface area contributed by atoms with E-state index in [1.165, 1.54) is 0 Å². The van der Waals surface area contributed by atoms with Crippen LogP contribution in [0.25, 0.3) is 0 Å². The summed E-state index contributed by atoms with van der Waals surface area (Å²) in [4.78, 5) is 0.634. The molecule has 1 N–H and O–H groups in total. The molecule has 2 aromatic rings. The van der Waals surface area contributed by atoms with E-state index >= 15 is 0 Å². The first-order valence-corrected chi connectivity index (χ1v) is 7.42. The van der Waals surface area contributed by atoms with Crippen LogP contribution in [0.4, 0.5) is 5.69 Å². The van der Waals surface area contributed by atoms with E-state index in [0.717, 1.165) is 22.6 Å². The van der Waals surface area contributed by atoms with Crippen LogP contribution in [-0.2, 0) is 18.4 Å². The fourth-order valence-electron chi connectivity index (χ4n) is 2.00. The summed E-state index contributed by atoms with van der Waals surface area (Å²) in [6.07, 6.45) is 0. The number of rotatable bonds is 4. The van der Waals surface area contributed by atoms with Crippen LogP contribution in [0.3, 0.4) is 0 Å². The second-order valence-electron chi connectivity index (χ2n) is 4.69. The van der Waals surface area contributed by atoms with Crippen molar-refractivity contribution in [1.82, 2.24) is 9.78 Å². The first-order valence-electron chi connectivity index (χ1n) is 6.27. The molecule has 108 valence electrons. The van der Waals surface area contributed by atoms with Gasteiger partial charge in [0.1, 0.15) is 17.0 Å². The van der Waals surface area contributed by atoms with Crippen LogP contribution in [0.1, 0.15) is 17.0 Å². The van der Waals surface area contributed by atoms with Crippen LogP contribution in [0.2, 0.25) is 0 Å². The fourth-order valence-corrected chi connectivity index (χ4v) is 3.22. The van der Waals surface area contributed by atoms with E-state index in [1.54, 1.807) is 11.8 Å². The van der Waals surface area contributed by atoms with E-state index in [4.69, 9.17) is 4.74 Å². The number of nitrogens with one attached hydrogen (secondary N) is 1. The molecule has 0 spiro atoms. The van der Waals surface area contributed by atoms with Crippen molar-refractivity contribution in [2.24, 2.45) is 7.05 Å². The zero-order valence-corrected chi connectivity index (χ0v) is 13.2. The molecule has 1 aromatic carbocycles. The van der Waals surface area contributed by atoms with Crippen LogP contribution < -0.4 is 9.46 Å². The minimum atomic E-state index is -1.39. The predicted molar refractivity (Wildman–Crippen MR) is 80.4 cm³/mol. The van der Waals surface area contributed by atoms with Crippen molar-refractivity contribution in [3.8, 4) is 5.75 Å². The molecule has 0 radical (unpaired) electrons. The summed E-state index contributed by atoms with van der Waals surface area (Å²) in [7, 11) is 3.44. The third-order valence-corrected chi connectivity index (χ3v) is 4.33. The lowest BCUT2D eigenvalue weighted by Gasteiger charge is -2.14. The Morgan fingerprint density at radius 1 is 1.30 bits per heavy atom. The summed E-state index contributed by atoms with van der Waals surface area (Å²) in [5.74, 6) is 0.612. The third kappa shape index (κ3) is 2.76. The van der Waals surface area contributed by atoms with Gasteiger partial charge in [-0.1, -0.05) is 6.07 Å². The molecule has 2 rings (SSSR count). The molecular weight excluding hydrogens is 274 g/mol. The number of nitrogens with zero attached hydrogens (tertiary/aromatic N) is 2. The molecule has 0 fully saturated rings. The van der Waals surface area contributed by atoms with Gasteiger partial charge in [0, 0.05) is 13.1 Å². The van der Waals surface area contributed by atoms with Gasteiger partial charge >= 0.3 is 0 Å². The molecule has 0 aliphatic heterocycles. The third-order valence-electron chi connectivity index (χ3n) is 3.22. The van der Waals surface area contributed by atoms with Crippen molar-refractivity contribution in [2.75, 3.05) is 11.8 Å². The molecule has 5 nitrogen and oxygen atoms in total. The summed E-state index contributed by atoms with van der Waals surface area (Å²) >= 11 is -1.39. The Morgan fingerprint density at radius 2 is 2.00 bits per heavy atom. The van der Waals surface area contributed by atoms with Crippen molar-refractivity contribution < 1.29 is 9.29 Å². The maximum atomic E-state index is 12.5. The number of aromatic nitrogens is 2. The van der Waals surface area contributed by atoms with Crippen LogP contribution in [0.5, 0.6) is 5.75 Å². The highest BCUT2D eigenvalue weighted by Crippen LogP contribution is 2.28. The molecule has 0 saturated carbocycles. The van der Waals surface area contributed by atoms with Crippen molar-refractivity contribution in [3.63, 3.8) is 0 Å². The molecule has 1 atom stereocenters. The van der Waals surface area contributed by atoms with Gasteiger partial charge in [-0.25, -0.2) is 0 Å². The monoisotopic (exact) mass is 293 g/mol. The minimum absolute atomic E-state index is 0.612. The molecule has 0 amide bonds. The summed E-state index contributed by atoms with van der Waals surface area (Å²) in [6.45, 7) is 5.79. The average molecular weight is 293 g/mol. The van der Waals surface area contributed by atoms with Crippen molar-refractivity contribution >= 4 is 17.0 Å². The molecule has 20 heavy (non-hydrogen) atoms. The maximum absolute atomic E-state index is 12.5. The standard InChI is InChI=1S/C14H19N3O2S/c1-9-6-7-12(19-5)13(8-9)20(18)16-14-10(2)15-17(4)11(14)3/h6-8,16H,1-5H3. The summed E-state index contributed by atoms with van der Waals surface area (Å²) in [5, 5.41) is 4.31. The molecule has 1 heterocycles. The minimum Gasteiger partial charge on any atom is -0.588 e. The van der Waals surface area contributed by atoms with Gasteiger partial charge in [0.05, 0.1) is 18.5 Å². The van der Waals surface area contributed by atoms with E-state index in [2.05, 4.69) is 9.82 Å². The molecule has 6 heteroatoms. The van der Waals surface area contributed by atoms with E-state index < -0.39 is 11.4 Å². The Labute approximate surface area is 122 Å². The van der Waals surface area contributed by atoms with Crippen LogP contribution in [0.15, 0.2) is 23.1 Å². The summed E-state index contributed by atoms with van der Waals surface area (Å²) in [5.41, 5.74) is 3.61. The Hall–Kier alpha value is -1.66. The lowest BCUT2D eigenvalue weighted by molar-refractivity contribution is 0.402. The Balaban J connectivity index is 2.32. The molecular formula is C14H19N3O2S. The molecule has 0 saturated heterocycles. The average Bonchev–Trinajstić information content (AvgIpc) is 2.65. The summed E-state index contributed by atoms with van der Waals surface area (Å²) in [6, 6.07) is 5.62. The predicted octanol–water partition coefficient (Wildman–Crippen LogP) is 2.49. The van der Waals surface area contributed by atoms with Gasteiger partial charge in [0.25, 0.3) is 0 Å².